The predicted molar refractivity (Wildman–Crippen MR) is 127 cm³/mol. The zero-order valence-corrected chi connectivity index (χ0v) is 18.4. The predicted octanol–water partition coefficient (Wildman–Crippen LogP) is 5.32. The van der Waals surface area contributed by atoms with E-state index in [2.05, 4.69) is 16.5 Å². The molecule has 0 saturated carbocycles. The first-order chi connectivity index (χ1) is 16.1. The number of nitrogens with zero attached hydrogens (tertiary/aromatic N) is 1. The molecular formula is C26H20FN3O2S. The fraction of sp³-hybridized carbons (Fsp3) is 0.154. The Bertz CT molecular complexity index is 1450. The number of aromatic nitrogens is 2. The van der Waals surface area contributed by atoms with E-state index in [9.17, 15) is 14.0 Å². The maximum atomic E-state index is 14.2. The molecule has 4 aromatic rings. The molecule has 0 radical (unpaired) electrons. The molecule has 2 aromatic heterocycles. The van der Waals surface area contributed by atoms with Gasteiger partial charge in [0.15, 0.2) is 5.78 Å². The number of allylic oxidation sites excluding steroid dienone is 2. The molecule has 3 heterocycles. The van der Waals surface area contributed by atoms with Gasteiger partial charge >= 0.3 is 0 Å². The number of carbonyl (C=O) groups excluding carboxylic acids is 1. The van der Waals surface area contributed by atoms with Gasteiger partial charge in [-0.25, -0.2) is 9.07 Å². The Balaban J connectivity index is 1.54. The molecule has 7 heteroatoms. The molecule has 5 nitrogen and oxygen atoms in total. The molecule has 1 aliphatic carbocycles. The molecule has 0 amide bonds. The number of rotatable bonds is 3. The number of aromatic amines is 1. The molecule has 6 rings (SSSR count). The van der Waals surface area contributed by atoms with E-state index in [1.807, 2.05) is 41.8 Å². The van der Waals surface area contributed by atoms with Crippen molar-refractivity contribution < 1.29 is 9.18 Å². The second kappa shape index (κ2) is 7.71. The van der Waals surface area contributed by atoms with Crippen LogP contribution in [-0.4, -0.2) is 15.6 Å². The molecule has 2 atom stereocenters. The van der Waals surface area contributed by atoms with Gasteiger partial charge < -0.3 is 5.32 Å². The van der Waals surface area contributed by atoms with Gasteiger partial charge in [-0.3, -0.25) is 14.7 Å². The highest BCUT2D eigenvalue weighted by Crippen LogP contribution is 2.47. The lowest BCUT2D eigenvalue weighted by atomic mass is 9.74. The van der Waals surface area contributed by atoms with Crippen molar-refractivity contribution in [3.63, 3.8) is 0 Å². The van der Waals surface area contributed by atoms with Crippen LogP contribution < -0.4 is 10.9 Å². The average molecular weight is 458 g/mol. The summed E-state index contributed by atoms with van der Waals surface area (Å²) < 4.78 is 15.7. The van der Waals surface area contributed by atoms with Gasteiger partial charge in [0.1, 0.15) is 11.6 Å². The Morgan fingerprint density at radius 1 is 0.970 bits per heavy atom. The fourth-order valence-corrected chi connectivity index (χ4v) is 5.83. The molecule has 33 heavy (non-hydrogen) atoms. The van der Waals surface area contributed by atoms with E-state index in [4.69, 9.17) is 0 Å². The molecule has 2 aromatic carbocycles. The van der Waals surface area contributed by atoms with Crippen LogP contribution in [-0.2, 0) is 4.79 Å². The van der Waals surface area contributed by atoms with Gasteiger partial charge in [0.25, 0.3) is 5.56 Å². The second-order valence-corrected chi connectivity index (χ2v) is 9.40. The van der Waals surface area contributed by atoms with E-state index in [0.29, 0.717) is 41.0 Å². The number of nitrogens with one attached hydrogen (secondary N) is 2. The maximum absolute atomic E-state index is 14.2. The summed E-state index contributed by atoms with van der Waals surface area (Å²) in [6, 6.07) is 19.5. The summed E-state index contributed by atoms with van der Waals surface area (Å²) in [5.41, 5.74) is 2.84. The van der Waals surface area contributed by atoms with Crippen molar-refractivity contribution in [1.82, 2.24) is 9.78 Å². The molecule has 0 spiro atoms. The summed E-state index contributed by atoms with van der Waals surface area (Å²) in [6.07, 6.45) is 1.03. The van der Waals surface area contributed by atoms with Crippen LogP contribution in [0.15, 0.2) is 88.2 Å². The van der Waals surface area contributed by atoms with Crippen molar-refractivity contribution in [2.45, 2.75) is 24.7 Å². The minimum atomic E-state index is -0.627. The maximum Gasteiger partial charge on any atom is 0.277 e. The Kier molecular flexibility index (Phi) is 4.66. The summed E-state index contributed by atoms with van der Waals surface area (Å²) in [4.78, 5) is 28.2. The highest BCUT2D eigenvalue weighted by Gasteiger charge is 2.41. The van der Waals surface area contributed by atoms with Gasteiger partial charge in [-0.15, -0.1) is 11.3 Å². The lowest BCUT2D eigenvalue weighted by molar-refractivity contribution is -0.116. The average Bonchev–Trinajstić information content (AvgIpc) is 3.47. The third kappa shape index (κ3) is 3.27. The van der Waals surface area contributed by atoms with Crippen LogP contribution in [0.1, 0.15) is 40.7 Å². The number of carbonyl (C=O) groups is 1. The van der Waals surface area contributed by atoms with Crippen LogP contribution in [0.5, 0.6) is 0 Å². The number of hydrogen-bond donors (Lipinski definition) is 2. The number of benzene rings is 2. The van der Waals surface area contributed by atoms with E-state index in [-0.39, 0.29) is 17.3 Å². The normalized spacial score (nSPS) is 19.7. The van der Waals surface area contributed by atoms with Crippen molar-refractivity contribution in [2.24, 2.45) is 0 Å². The van der Waals surface area contributed by atoms with Crippen molar-refractivity contribution >= 4 is 22.9 Å². The molecule has 0 bridgehead atoms. The largest absolute Gasteiger partial charge is 0.343 e. The van der Waals surface area contributed by atoms with E-state index >= 15 is 0 Å². The molecule has 0 saturated heterocycles. The number of thiophene rings is 1. The number of Topliss-reactive ketones (excluding diaryl/α,β-unsaturated/α-hetero) is 1. The number of para-hydroxylation sites is 1. The summed E-state index contributed by atoms with van der Waals surface area (Å²) in [5.74, 6) is -0.391. The van der Waals surface area contributed by atoms with Crippen LogP contribution in [0, 0.1) is 5.82 Å². The van der Waals surface area contributed by atoms with Crippen LogP contribution in [0.3, 0.4) is 0 Å². The minimum Gasteiger partial charge on any atom is -0.343 e. The van der Waals surface area contributed by atoms with E-state index < -0.39 is 11.7 Å². The van der Waals surface area contributed by atoms with E-state index in [1.54, 1.807) is 23.5 Å². The third-order valence-electron chi connectivity index (χ3n) is 6.43. The topological polar surface area (TPSA) is 66.9 Å². The summed E-state index contributed by atoms with van der Waals surface area (Å²) in [5, 5.41) is 8.56. The van der Waals surface area contributed by atoms with Crippen LogP contribution in [0.2, 0.25) is 0 Å². The minimum absolute atomic E-state index is 0.00563. The number of anilines is 1. The first-order valence-corrected chi connectivity index (χ1v) is 11.7. The Hall–Kier alpha value is -3.71. The molecule has 2 aliphatic rings. The van der Waals surface area contributed by atoms with E-state index in [0.717, 1.165) is 5.70 Å². The van der Waals surface area contributed by atoms with Gasteiger partial charge in [0.2, 0.25) is 0 Å². The number of H-pyrrole nitrogens is 1. The molecular weight excluding hydrogens is 437 g/mol. The zero-order chi connectivity index (χ0) is 22.5. The Labute approximate surface area is 193 Å². The first-order valence-electron chi connectivity index (χ1n) is 10.8. The lowest BCUT2D eigenvalue weighted by Gasteiger charge is -2.34. The third-order valence-corrected chi connectivity index (χ3v) is 7.46. The van der Waals surface area contributed by atoms with Gasteiger partial charge in [0, 0.05) is 34.4 Å². The smallest absolute Gasteiger partial charge is 0.277 e. The first kappa shape index (κ1) is 19.9. The summed E-state index contributed by atoms with van der Waals surface area (Å²) in [6.45, 7) is 0. The molecule has 164 valence electrons. The fourth-order valence-electron chi connectivity index (χ4n) is 5.00. The number of hydrogen-bond acceptors (Lipinski definition) is 4. The van der Waals surface area contributed by atoms with Crippen molar-refractivity contribution in [2.75, 3.05) is 5.32 Å². The zero-order valence-electron chi connectivity index (χ0n) is 17.5. The molecule has 2 N–H and O–H groups in total. The highest BCUT2D eigenvalue weighted by atomic mass is 32.1. The monoisotopic (exact) mass is 457 g/mol. The van der Waals surface area contributed by atoms with Crippen LogP contribution in [0.25, 0.3) is 5.69 Å². The van der Waals surface area contributed by atoms with Gasteiger partial charge in [-0.2, -0.15) is 0 Å². The molecule has 0 unspecified atom stereocenters. The van der Waals surface area contributed by atoms with Crippen LogP contribution >= 0.6 is 11.3 Å². The molecule has 0 fully saturated rings. The van der Waals surface area contributed by atoms with Crippen molar-refractivity contribution in [1.29, 1.82) is 0 Å². The SMILES string of the molecule is O=C1C[C@@H](c2cccs2)CC2=C1[C@@H](c1cccc(F)c1)c1c([nH]n(-c3ccccc3)c1=O)N2. The second-order valence-electron chi connectivity index (χ2n) is 8.43. The summed E-state index contributed by atoms with van der Waals surface area (Å²) >= 11 is 1.65. The molecule has 1 aliphatic heterocycles. The Morgan fingerprint density at radius 3 is 2.58 bits per heavy atom. The number of ketones is 1. The summed E-state index contributed by atoms with van der Waals surface area (Å²) in [7, 11) is 0. The van der Waals surface area contributed by atoms with Crippen LogP contribution in [0.4, 0.5) is 10.2 Å². The van der Waals surface area contributed by atoms with E-state index in [1.165, 1.54) is 21.7 Å². The van der Waals surface area contributed by atoms with Crippen molar-refractivity contribution in [3.8, 4) is 5.69 Å². The Morgan fingerprint density at radius 2 is 1.82 bits per heavy atom. The number of fused-ring (bicyclic) bond motifs is 1. The highest BCUT2D eigenvalue weighted by molar-refractivity contribution is 7.10. The quantitative estimate of drug-likeness (QED) is 0.437. The van der Waals surface area contributed by atoms with Gasteiger partial charge in [0.05, 0.1) is 11.3 Å². The lowest BCUT2D eigenvalue weighted by Crippen LogP contribution is -2.31. The van der Waals surface area contributed by atoms with Crippen molar-refractivity contribution in [3.05, 3.63) is 116 Å². The standard InChI is InChI=1S/C26H20FN3O2S/c27-17-7-4-6-15(12-17)22-23-19(13-16(14-20(23)31)21-10-5-11-33-21)28-25-24(22)26(32)30(29-25)18-8-2-1-3-9-18/h1-12,16,22,28-29H,13-14H2/t16-,22+/m0/s1. The van der Waals surface area contributed by atoms with Gasteiger partial charge in [-0.1, -0.05) is 36.4 Å². The van der Waals surface area contributed by atoms with Gasteiger partial charge in [-0.05, 0) is 47.7 Å². The number of halogens is 1.